The summed E-state index contributed by atoms with van der Waals surface area (Å²) < 4.78 is 0. The van der Waals surface area contributed by atoms with Gasteiger partial charge in [-0.2, -0.15) is 5.48 Å². The first kappa shape index (κ1) is 13.3. The van der Waals surface area contributed by atoms with Crippen molar-refractivity contribution in [2.24, 2.45) is 5.73 Å². The standard InChI is InChI=1S/C4H8N2O4.Na.H/c1-2(7)3(8)10-6-4(5)9;;/h2,7H,1H3,(H3,5,6,9);;/q;+1;-1. The maximum absolute atomic E-state index is 10.3. The SMILES string of the molecule is CC(O)C(=O)ONC(N)=O.[H-].[Na+]. The van der Waals surface area contributed by atoms with E-state index in [1.165, 1.54) is 6.92 Å². The molecule has 60 valence electrons. The van der Waals surface area contributed by atoms with Gasteiger partial charge < -0.3 is 17.1 Å². The number of aliphatic hydroxyl groups is 1. The third-order valence-corrected chi connectivity index (χ3v) is 0.593. The van der Waals surface area contributed by atoms with Crippen molar-refractivity contribution in [2.45, 2.75) is 13.0 Å². The van der Waals surface area contributed by atoms with E-state index >= 15 is 0 Å². The molecule has 4 N–H and O–H groups in total. The summed E-state index contributed by atoms with van der Waals surface area (Å²) >= 11 is 0. The minimum atomic E-state index is -1.27. The summed E-state index contributed by atoms with van der Waals surface area (Å²) in [4.78, 5) is 24.1. The molecule has 0 bridgehead atoms. The monoisotopic (exact) mass is 172 g/mol. The molecule has 0 radical (unpaired) electrons. The van der Waals surface area contributed by atoms with Crippen molar-refractivity contribution >= 4 is 12.0 Å². The average molecular weight is 172 g/mol. The fourth-order valence-corrected chi connectivity index (χ4v) is 0.186. The van der Waals surface area contributed by atoms with Gasteiger partial charge in [-0.15, -0.1) is 0 Å². The van der Waals surface area contributed by atoms with Gasteiger partial charge in [-0.05, 0) is 6.92 Å². The molecule has 2 amide bonds. The molecule has 0 heterocycles. The Bertz CT molecular complexity index is 154. The van der Waals surface area contributed by atoms with Crippen molar-refractivity contribution in [3.63, 3.8) is 0 Å². The minimum Gasteiger partial charge on any atom is -1.00 e. The zero-order valence-electron chi connectivity index (χ0n) is 7.33. The van der Waals surface area contributed by atoms with E-state index in [9.17, 15) is 9.59 Å². The van der Waals surface area contributed by atoms with Gasteiger partial charge in [-0.25, -0.2) is 9.59 Å². The van der Waals surface area contributed by atoms with E-state index in [-0.39, 0.29) is 31.0 Å². The Morgan fingerprint density at radius 1 is 1.73 bits per heavy atom. The quantitative estimate of drug-likeness (QED) is 0.274. The Morgan fingerprint density at radius 2 is 2.18 bits per heavy atom. The van der Waals surface area contributed by atoms with Gasteiger partial charge in [0.25, 0.3) is 0 Å². The smallest absolute Gasteiger partial charge is 1.00 e. The van der Waals surface area contributed by atoms with Crippen molar-refractivity contribution in [3.05, 3.63) is 0 Å². The third-order valence-electron chi connectivity index (χ3n) is 0.593. The molecule has 0 fully saturated rings. The van der Waals surface area contributed by atoms with Gasteiger partial charge >= 0.3 is 41.6 Å². The first-order chi connectivity index (χ1) is 4.54. The first-order valence-electron chi connectivity index (χ1n) is 2.48. The van der Waals surface area contributed by atoms with E-state index in [4.69, 9.17) is 5.11 Å². The Kier molecular flexibility index (Phi) is 7.75. The predicted molar refractivity (Wildman–Crippen MR) is 31.6 cm³/mol. The van der Waals surface area contributed by atoms with Crippen LogP contribution in [0.4, 0.5) is 4.79 Å². The van der Waals surface area contributed by atoms with Crippen molar-refractivity contribution in [1.82, 2.24) is 5.48 Å². The summed E-state index contributed by atoms with van der Waals surface area (Å²) in [5, 5.41) is 8.47. The molecular weight excluding hydrogens is 163 g/mol. The largest absolute Gasteiger partial charge is 1.00 e. The van der Waals surface area contributed by atoms with Crippen molar-refractivity contribution in [3.8, 4) is 0 Å². The second-order valence-corrected chi connectivity index (χ2v) is 1.56. The van der Waals surface area contributed by atoms with Crippen LogP contribution in [0.3, 0.4) is 0 Å². The fraction of sp³-hybridized carbons (Fsp3) is 0.500. The van der Waals surface area contributed by atoms with E-state index < -0.39 is 18.1 Å². The number of rotatable bonds is 1. The number of hydrogen-bond acceptors (Lipinski definition) is 4. The maximum atomic E-state index is 10.3. The zero-order chi connectivity index (χ0) is 8.15. The summed E-state index contributed by atoms with van der Waals surface area (Å²) in [5.74, 6) is -0.959. The summed E-state index contributed by atoms with van der Waals surface area (Å²) in [6.07, 6.45) is -1.27. The van der Waals surface area contributed by atoms with Crippen LogP contribution in [0.1, 0.15) is 8.35 Å². The van der Waals surface area contributed by atoms with Gasteiger partial charge in [0.2, 0.25) is 0 Å². The number of amides is 2. The van der Waals surface area contributed by atoms with Crippen molar-refractivity contribution in [1.29, 1.82) is 0 Å². The Labute approximate surface area is 86.8 Å². The zero-order valence-corrected chi connectivity index (χ0v) is 8.33. The molecule has 11 heavy (non-hydrogen) atoms. The second kappa shape index (κ2) is 6.41. The van der Waals surface area contributed by atoms with Gasteiger partial charge in [-0.1, -0.05) is 0 Å². The molecular formula is C4H9N2NaO4. The number of nitrogens with two attached hydrogens (primary N) is 1. The molecule has 0 spiro atoms. The van der Waals surface area contributed by atoms with Crippen LogP contribution in [-0.2, 0) is 9.63 Å². The van der Waals surface area contributed by atoms with Gasteiger partial charge in [0, 0.05) is 0 Å². The van der Waals surface area contributed by atoms with E-state index in [1.807, 2.05) is 0 Å². The summed E-state index contributed by atoms with van der Waals surface area (Å²) in [5.41, 5.74) is 6.09. The average Bonchev–Trinajstić information content (AvgIpc) is 1.82. The number of hydrogen-bond donors (Lipinski definition) is 3. The molecule has 0 aromatic rings. The number of carbonyl (C=O) groups excluding carboxylic acids is 2. The summed E-state index contributed by atoms with van der Waals surface area (Å²) in [6, 6.07) is -0.992. The molecule has 0 aliphatic rings. The molecule has 0 aromatic carbocycles. The van der Waals surface area contributed by atoms with Crippen LogP contribution in [0.15, 0.2) is 0 Å². The van der Waals surface area contributed by atoms with Crippen LogP contribution in [0, 0.1) is 0 Å². The Balaban J connectivity index is -0.000000405. The molecule has 0 aliphatic heterocycles. The summed E-state index contributed by atoms with van der Waals surface area (Å²) in [6.45, 7) is 1.20. The van der Waals surface area contributed by atoms with E-state index in [2.05, 4.69) is 10.6 Å². The van der Waals surface area contributed by atoms with E-state index in [0.717, 1.165) is 0 Å². The van der Waals surface area contributed by atoms with Gasteiger partial charge in [0.1, 0.15) is 0 Å². The van der Waals surface area contributed by atoms with Crippen LogP contribution in [0.25, 0.3) is 0 Å². The molecule has 0 rings (SSSR count). The van der Waals surface area contributed by atoms with Crippen molar-refractivity contribution in [2.75, 3.05) is 0 Å². The van der Waals surface area contributed by atoms with Crippen LogP contribution >= 0.6 is 0 Å². The van der Waals surface area contributed by atoms with Gasteiger partial charge in [-0.3, -0.25) is 0 Å². The second-order valence-electron chi connectivity index (χ2n) is 1.56. The fourth-order valence-electron chi connectivity index (χ4n) is 0.186. The number of carbonyl (C=O) groups is 2. The number of hydroxylamine groups is 1. The minimum absolute atomic E-state index is 0. The molecule has 1 atom stereocenters. The van der Waals surface area contributed by atoms with E-state index in [1.54, 1.807) is 5.48 Å². The van der Waals surface area contributed by atoms with Crippen LogP contribution in [0.2, 0.25) is 0 Å². The molecule has 0 aliphatic carbocycles. The van der Waals surface area contributed by atoms with Gasteiger partial charge in [0.05, 0.1) is 0 Å². The number of urea groups is 1. The first-order valence-corrected chi connectivity index (χ1v) is 2.48. The molecule has 7 heteroatoms. The third kappa shape index (κ3) is 7.60. The molecule has 1 unspecified atom stereocenters. The predicted octanol–water partition coefficient (Wildman–Crippen LogP) is -4.39. The number of nitrogens with one attached hydrogen (secondary N) is 1. The van der Waals surface area contributed by atoms with Gasteiger partial charge in [0.15, 0.2) is 6.10 Å². The normalized spacial score (nSPS) is 10.7. The van der Waals surface area contributed by atoms with E-state index in [0.29, 0.717) is 0 Å². The topological polar surface area (TPSA) is 102 Å². The summed E-state index contributed by atoms with van der Waals surface area (Å²) in [7, 11) is 0. The Hall–Kier alpha value is -0.300. The van der Waals surface area contributed by atoms with Crippen LogP contribution < -0.4 is 40.8 Å². The van der Waals surface area contributed by atoms with Crippen LogP contribution in [-0.4, -0.2) is 23.2 Å². The number of aliphatic hydroxyl groups excluding tert-OH is 1. The molecule has 0 saturated heterocycles. The van der Waals surface area contributed by atoms with Crippen molar-refractivity contribution < 1.29 is 50.5 Å². The molecule has 0 saturated carbocycles. The molecule has 6 nitrogen and oxygen atoms in total. The maximum Gasteiger partial charge on any atom is 1.00 e. The molecule has 0 aromatic heterocycles. The van der Waals surface area contributed by atoms with Crippen LogP contribution in [0.5, 0.6) is 0 Å². The Morgan fingerprint density at radius 3 is 2.45 bits per heavy atom. The number of primary amides is 1.